The SMILES string of the molecule is Cl.OC1CCNC1c1ccccc1Cl. The molecular weight excluding hydrogens is 221 g/mol. The van der Waals surface area contributed by atoms with Gasteiger partial charge in [0.05, 0.1) is 12.1 Å². The number of hydrogen-bond acceptors (Lipinski definition) is 2. The maximum Gasteiger partial charge on any atom is 0.0747 e. The largest absolute Gasteiger partial charge is 0.391 e. The smallest absolute Gasteiger partial charge is 0.0747 e. The molecule has 78 valence electrons. The van der Waals surface area contributed by atoms with E-state index in [2.05, 4.69) is 5.32 Å². The van der Waals surface area contributed by atoms with Crippen LogP contribution in [0.3, 0.4) is 0 Å². The van der Waals surface area contributed by atoms with Crippen LogP contribution in [0.25, 0.3) is 0 Å². The van der Waals surface area contributed by atoms with Crippen LogP contribution in [0.15, 0.2) is 24.3 Å². The molecule has 1 aliphatic heterocycles. The van der Waals surface area contributed by atoms with Crippen molar-refractivity contribution in [2.24, 2.45) is 0 Å². The topological polar surface area (TPSA) is 32.3 Å². The van der Waals surface area contributed by atoms with E-state index in [1.807, 2.05) is 24.3 Å². The third kappa shape index (κ3) is 2.20. The molecule has 1 aromatic rings. The van der Waals surface area contributed by atoms with Gasteiger partial charge < -0.3 is 10.4 Å². The van der Waals surface area contributed by atoms with Crippen molar-refractivity contribution >= 4 is 24.0 Å². The predicted molar refractivity (Wildman–Crippen MR) is 60.1 cm³/mol. The van der Waals surface area contributed by atoms with Crippen molar-refractivity contribution in [1.82, 2.24) is 5.32 Å². The Morgan fingerprint density at radius 2 is 2.07 bits per heavy atom. The zero-order valence-electron chi connectivity index (χ0n) is 7.61. The van der Waals surface area contributed by atoms with Gasteiger partial charge in [0.25, 0.3) is 0 Å². The van der Waals surface area contributed by atoms with Crippen molar-refractivity contribution in [3.05, 3.63) is 34.9 Å². The van der Waals surface area contributed by atoms with E-state index in [9.17, 15) is 5.11 Å². The van der Waals surface area contributed by atoms with Crippen LogP contribution in [0, 0.1) is 0 Å². The molecule has 0 amide bonds. The minimum atomic E-state index is -0.306. The molecule has 0 radical (unpaired) electrons. The average Bonchev–Trinajstić information content (AvgIpc) is 2.52. The Kier molecular flexibility index (Phi) is 4.20. The highest BCUT2D eigenvalue weighted by Gasteiger charge is 2.27. The van der Waals surface area contributed by atoms with Gasteiger partial charge in [0.15, 0.2) is 0 Å². The summed E-state index contributed by atoms with van der Waals surface area (Å²) in [4.78, 5) is 0. The molecule has 14 heavy (non-hydrogen) atoms. The lowest BCUT2D eigenvalue weighted by Crippen LogP contribution is -2.21. The normalized spacial score (nSPS) is 25.9. The summed E-state index contributed by atoms with van der Waals surface area (Å²) in [5.74, 6) is 0. The highest BCUT2D eigenvalue weighted by atomic mass is 35.5. The van der Waals surface area contributed by atoms with Crippen molar-refractivity contribution in [3.8, 4) is 0 Å². The maximum absolute atomic E-state index is 9.65. The Morgan fingerprint density at radius 3 is 2.64 bits per heavy atom. The maximum atomic E-state index is 9.65. The van der Waals surface area contributed by atoms with E-state index >= 15 is 0 Å². The first-order chi connectivity index (χ1) is 6.29. The Hall–Kier alpha value is -0.280. The summed E-state index contributed by atoms with van der Waals surface area (Å²) in [6.07, 6.45) is 0.496. The number of aliphatic hydroxyl groups excluding tert-OH is 1. The average molecular weight is 234 g/mol. The highest BCUT2D eigenvalue weighted by Crippen LogP contribution is 2.28. The Labute approximate surface area is 94.7 Å². The van der Waals surface area contributed by atoms with Gasteiger partial charge in [-0.3, -0.25) is 0 Å². The van der Waals surface area contributed by atoms with Gasteiger partial charge in [-0.2, -0.15) is 0 Å². The molecule has 2 rings (SSSR count). The third-order valence-electron chi connectivity index (χ3n) is 2.43. The molecule has 1 saturated heterocycles. The quantitative estimate of drug-likeness (QED) is 0.780. The van der Waals surface area contributed by atoms with E-state index in [0.29, 0.717) is 0 Å². The number of nitrogens with one attached hydrogen (secondary N) is 1. The summed E-state index contributed by atoms with van der Waals surface area (Å²) in [5, 5.41) is 13.6. The van der Waals surface area contributed by atoms with Crippen LogP contribution in [0.2, 0.25) is 5.02 Å². The molecule has 1 aliphatic rings. The molecule has 0 saturated carbocycles. The number of rotatable bonds is 1. The summed E-state index contributed by atoms with van der Waals surface area (Å²) in [5.41, 5.74) is 0.995. The zero-order valence-corrected chi connectivity index (χ0v) is 9.18. The fourth-order valence-electron chi connectivity index (χ4n) is 1.73. The predicted octanol–water partition coefficient (Wildman–Crippen LogP) is 2.16. The number of hydrogen-bond donors (Lipinski definition) is 2. The number of benzene rings is 1. The van der Waals surface area contributed by atoms with Gasteiger partial charge in [0.2, 0.25) is 0 Å². The van der Waals surface area contributed by atoms with Gasteiger partial charge in [0.1, 0.15) is 0 Å². The van der Waals surface area contributed by atoms with Crippen molar-refractivity contribution < 1.29 is 5.11 Å². The van der Waals surface area contributed by atoms with Crippen molar-refractivity contribution in [3.63, 3.8) is 0 Å². The lowest BCUT2D eigenvalue weighted by Gasteiger charge is -2.16. The second-order valence-corrected chi connectivity index (χ2v) is 3.72. The highest BCUT2D eigenvalue weighted by molar-refractivity contribution is 6.31. The monoisotopic (exact) mass is 233 g/mol. The van der Waals surface area contributed by atoms with Crippen LogP contribution in [-0.2, 0) is 0 Å². The second kappa shape index (κ2) is 4.99. The minimum absolute atomic E-state index is 0. The summed E-state index contributed by atoms with van der Waals surface area (Å²) in [6, 6.07) is 7.65. The summed E-state index contributed by atoms with van der Waals surface area (Å²) in [7, 11) is 0. The molecule has 2 atom stereocenters. The van der Waals surface area contributed by atoms with Crippen LogP contribution in [0.5, 0.6) is 0 Å². The lowest BCUT2D eigenvalue weighted by molar-refractivity contribution is 0.160. The van der Waals surface area contributed by atoms with Crippen LogP contribution >= 0.6 is 24.0 Å². The van der Waals surface area contributed by atoms with Crippen molar-refractivity contribution in [1.29, 1.82) is 0 Å². The van der Waals surface area contributed by atoms with Gasteiger partial charge >= 0.3 is 0 Å². The van der Waals surface area contributed by atoms with Gasteiger partial charge in [0, 0.05) is 5.02 Å². The van der Waals surface area contributed by atoms with Crippen LogP contribution in [-0.4, -0.2) is 17.8 Å². The molecule has 0 bridgehead atoms. The fourth-order valence-corrected chi connectivity index (χ4v) is 1.99. The summed E-state index contributed by atoms with van der Waals surface area (Å²) in [6.45, 7) is 0.858. The molecule has 0 spiro atoms. The molecule has 1 aromatic carbocycles. The Balaban J connectivity index is 0.000000980. The van der Waals surface area contributed by atoms with E-state index in [4.69, 9.17) is 11.6 Å². The summed E-state index contributed by atoms with van der Waals surface area (Å²) < 4.78 is 0. The molecule has 1 heterocycles. The van der Waals surface area contributed by atoms with Gasteiger partial charge in [-0.1, -0.05) is 29.8 Å². The first-order valence-corrected chi connectivity index (χ1v) is 4.82. The van der Waals surface area contributed by atoms with E-state index in [1.54, 1.807) is 0 Å². The molecule has 2 N–H and O–H groups in total. The molecule has 2 unspecified atom stereocenters. The van der Waals surface area contributed by atoms with Crippen molar-refractivity contribution in [2.75, 3.05) is 6.54 Å². The summed E-state index contributed by atoms with van der Waals surface area (Å²) >= 11 is 6.02. The number of aliphatic hydroxyl groups is 1. The third-order valence-corrected chi connectivity index (χ3v) is 2.77. The van der Waals surface area contributed by atoms with Gasteiger partial charge in [-0.15, -0.1) is 12.4 Å². The van der Waals surface area contributed by atoms with Gasteiger partial charge in [-0.05, 0) is 24.6 Å². The van der Waals surface area contributed by atoms with E-state index in [1.165, 1.54) is 0 Å². The van der Waals surface area contributed by atoms with E-state index in [0.717, 1.165) is 23.6 Å². The fraction of sp³-hybridized carbons (Fsp3) is 0.400. The second-order valence-electron chi connectivity index (χ2n) is 3.31. The first-order valence-electron chi connectivity index (χ1n) is 4.45. The van der Waals surface area contributed by atoms with Gasteiger partial charge in [-0.25, -0.2) is 0 Å². The molecule has 0 aliphatic carbocycles. The van der Waals surface area contributed by atoms with Crippen LogP contribution in [0.4, 0.5) is 0 Å². The Morgan fingerprint density at radius 1 is 1.36 bits per heavy atom. The van der Waals surface area contributed by atoms with Crippen LogP contribution in [0.1, 0.15) is 18.0 Å². The molecule has 1 fully saturated rings. The van der Waals surface area contributed by atoms with E-state index < -0.39 is 0 Å². The molecule has 4 heteroatoms. The zero-order chi connectivity index (χ0) is 9.26. The van der Waals surface area contributed by atoms with E-state index in [-0.39, 0.29) is 24.6 Å². The Bertz CT molecular complexity index is 306. The van der Waals surface area contributed by atoms with Crippen molar-refractivity contribution in [2.45, 2.75) is 18.6 Å². The molecule has 0 aromatic heterocycles. The lowest BCUT2D eigenvalue weighted by atomic mass is 10.0. The standard InChI is InChI=1S/C10H12ClNO.ClH/c11-8-4-2-1-3-7(8)10-9(13)5-6-12-10;/h1-4,9-10,12-13H,5-6H2;1H. The number of halogens is 2. The molecule has 2 nitrogen and oxygen atoms in total. The first kappa shape index (κ1) is 11.8. The molecular formula is C10H13Cl2NO. The van der Waals surface area contributed by atoms with Crippen LogP contribution < -0.4 is 5.32 Å². The minimum Gasteiger partial charge on any atom is -0.391 e.